The van der Waals surface area contributed by atoms with Crippen LogP contribution in [0, 0.1) is 0 Å². The van der Waals surface area contributed by atoms with Gasteiger partial charge in [-0.15, -0.1) is 18.3 Å². The lowest BCUT2D eigenvalue weighted by atomic mass is 10.1. The van der Waals surface area contributed by atoms with Crippen LogP contribution in [0.2, 0.25) is 0 Å². The summed E-state index contributed by atoms with van der Waals surface area (Å²) in [6, 6.07) is 0. The third-order valence-corrected chi connectivity index (χ3v) is 4.13. The first-order valence-corrected chi connectivity index (χ1v) is 6.85. The van der Waals surface area contributed by atoms with Crippen LogP contribution >= 0.6 is 11.8 Å². The van der Waals surface area contributed by atoms with Gasteiger partial charge in [0.2, 0.25) is 0 Å². The summed E-state index contributed by atoms with van der Waals surface area (Å²) in [6.07, 6.45) is 12.9. The van der Waals surface area contributed by atoms with Crippen LogP contribution in [-0.4, -0.2) is 17.8 Å². The first-order valence-electron chi connectivity index (χ1n) is 5.63. The Morgan fingerprint density at radius 1 is 1.29 bits per heavy atom. The maximum absolute atomic E-state index is 6.03. The molecule has 1 nitrogen and oxygen atoms in total. The molecule has 1 saturated heterocycles. The summed E-state index contributed by atoms with van der Waals surface area (Å²) in [5.41, 5.74) is 0. The molecule has 0 radical (unpaired) electrons. The van der Waals surface area contributed by atoms with Gasteiger partial charge in [-0.1, -0.05) is 25.3 Å². The summed E-state index contributed by atoms with van der Waals surface area (Å²) >= 11 is 1.86. The molecule has 0 N–H and O–H groups in total. The molecular formula is C12H22OS. The fraction of sp³-hybridized carbons (Fsp3) is 0.833. The van der Waals surface area contributed by atoms with Crippen molar-refractivity contribution in [1.82, 2.24) is 0 Å². The lowest BCUT2D eigenvalue weighted by molar-refractivity contribution is 0.0217. The first-order chi connectivity index (χ1) is 6.83. The lowest BCUT2D eigenvalue weighted by Gasteiger charge is -2.31. The molecule has 1 fully saturated rings. The predicted octanol–water partition coefficient (Wildman–Crippen LogP) is 3.99. The van der Waals surface area contributed by atoms with Gasteiger partial charge in [0.15, 0.2) is 0 Å². The Bertz CT molecular complexity index is 158. The summed E-state index contributed by atoms with van der Waals surface area (Å²) in [7, 11) is 0. The van der Waals surface area contributed by atoms with E-state index in [2.05, 4.69) is 12.8 Å². The van der Waals surface area contributed by atoms with Gasteiger partial charge in [0.05, 0.1) is 0 Å². The Morgan fingerprint density at radius 3 is 2.71 bits per heavy atom. The standard InChI is InChI=1S/C12H22OS/c1-3-9-12(14-2)10-7-5-4-6-8-11-13-12/h3H,1,4-11H2,2H3/t12-/m0/s1. The Labute approximate surface area is 92.3 Å². The zero-order valence-corrected chi connectivity index (χ0v) is 10.1. The molecule has 1 atom stereocenters. The number of thioether (sulfide) groups is 1. The van der Waals surface area contributed by atoms with Gasteiger partial charge in [0, 0.05) is 13.0 Å². The molecule has 1 aliphatic rings. The van der Waals surface area contributed by atoms with E-state index in [0.717, 1.165) is 13.0 Å². The molecular weight excluding hydrogens is 192 g/mol. The minimum Gasteiger partial charge on any atom is -0.364 e. The molecule has 0 spiro atoms. The number of ether oxygens (including phenoxy) is 1. The van der Waals surface area contributed by atoms with E-state index in [0.29, 0.717) is 0 Å². The SMILES string of the molecule is C=CC[C@]1(SC)CCCCCCCO1. The quantitative estimate of drug-likeness (QED) is 0.657. The summed E-state index contributed by atoms with van der Waals surface area (Å²) in [4.78, 5) is 0.0338. The zero-order valence-electron chi connectivity index (χ0n) is 9.26. The highest BCUT2D eigenvalue weighted by Crippen LogP contribution is 2.35. The molecule has 0 aliphatic carbocycles. The zero-order chi connectivity index (χ0) is 10.3. The van der Waals surface area contributed by atoms with Crippen molar-refractivity contribution in [3.63, 3.8) is 0 Å². The highest BCUT2D eigenvalue weighted by molar-refractivity contribution is 7.99. The Balaban J connectivity index is 2.53. The molecule has 0 aromatic carbocycles. The second kappa shape index (κ2) is 6.52. The van der Waals surface area contributed by atoms with Crippen molar-refractivity contribution in [2.45, 2.75) is 49.9 Å². The van der Waals surface area contributed by atoms with Gasteiger partial charge in [-0.2, -0.15) is 0 Å². The fourth-order valence-corrected chi connectivity index (χ4v) is 2.82. The molecule has 2 heteroatoms. The monoisotopic (exact) mass is 214 g/mol. The Morgan fingerprint density at radius 2 is 2.00 bits per heavy atom. The maximum Gasteiger partial charge on any atom is 0.116 e. The van der Waals surface area contributed by atoms with Crippen LogP contribution in [0.5, 0.6) is 0 Å². The highest BCUT2D eigenvalue weighted by Gasteiger charge is 2.28. The van der Waals surface area contributed by atoms with Crippen LogP contribution in [0.25, 0.3) is 0 Å². The predicted molar refractivity (Wildman–Crippen MR) is 64.7 cm³/mol. The fourth-order valence-electron chi connectivity index (χ4n) is 1.98. The van der Waals surface area contributed by atoms with Crippen LogP contribution in [-0.2, 0) is 4.74 Å². The third kappa shape index (κ3) is 3.66. The van der Waals surface area contributed by atoms with Crippen LogP contribution < -0.4 is 0 Å². The molecule has 0 amide bonds. The second-order valence-electron chi connectivity index (χ2n) is 3.97. The van der Waals surface area contributed by atoms with Crippen molar-refractivity contribution in [2.75, 3.05) is 12.9 Å². The molecule has 82 valence electrons. The second-order valence-corrected chi connectivity index (χ2v) is 5.13. The summed E-state index contributed by atoms with van der Waals surface area (Å²) in [5.74, 6) is 0. The molecule has 0 saturated carbocycles. The van der Waals surface area contributed by atoms with Crippen LogP contribution in [0.3, 0.4) is 0 Å². The molecule has 0 unspecified atom stereocenters. The molecule has 0 aromatic heterocycles. The molecule has 1 rings (SSSR count). The van der Waals surface area contributed by atoms with Crippen molar-refractivity contribution < 1.29 is 4.74 Å². The number of hydrogen-bond acceptors (Lipinski definition) is 2. The van der Waals surface area contributed by atoms with Crippen molar-refractivity contribution in [3.8, 4) is 0 Å². The first kappa shape index (κ1) is 12.1. The van der Waals surface area contributed by atoms with E-state index in [4.69, 9.17) is 4.74 Å². The van der Waals surface area contributed by atoms with Crippen molar-refractivity contribution >= 4 is 11.8 Å². The van der Waals surface area contributed by atoms with E-state index in [1.807, 2.05) is 17.8 Å². The minimum atomic E-state index is 0.0338. The summed E-state index contributed by atoms with van der Waals surface area (Å²) in [5, 5.41) is 0. The van der Waals surface area contributed by atoms with Crippen molar-refractivity contribution in [2.24, 2.45) is 0 Å². The van der Waals surface area contributed by atoms with E-state index >= 15 is 0 Å². The van der Waals surface area contributed by atoms with E-state index in [1.54, 1.807) is 0 Å². The number of hydrogen-bond donors (Lipinski definition) is 0. The average Bonchev–Trinajstić information content (AvgIpc) is 2.31. The largest absolute Gasteiger partial charge is 0.364 e. The van der Waals surface area contributed by atoms with E-state index < -0.39 is 0 Å². The lowest BCUT2D eigenvalue weighted by Crippen LogP contribution is -2.28. The molecule has 14 heavy (non-hydrogen) atoms. The van der Waals surface area contributed by atoms with Crippen LogP contribution in [0.1, 0.15) is 44.9 Å². The molecule has 1 heterocycles. The van der Waals surface area contributed by atoms with Gasteiger partial charge in [0.25, 0.3) is 0 Å². The third-order valence-electron chi connectivity index (χ3n) is 2.89. The highest BCUT2D eigenvalue weighted by atomic mass is 32.2. The molecule has 1 aliphatic heterocycles. The number of rotatable bonds is 3. The maximum atomic E-state index is 6.03. The van der Waals surface area contributed by atoms with Gasteiger partial charge in [0.1, 0.15) is 4.93 Å². The normalized spacial score (nSPS) is 30.1. The van der Waals surface area contributed by atoms with Gasteiger partial charge in [-0.3, -0.25) is 0 Å². The van der Waals surface area contributed by atoms with Crippen LogP contribution in [0.4, 0.5) is 0 Å². The topological polar surface area (TPSA) is 9.23 Å². The average molecular weight is 214 g/mol. The van der Waals surface area contributed by atoms with E-state index in [1.165, 1.54) is 38.5 Å². The smallest absolute Gasteiger partial charge is 0.116 e. The van der Waals surface area contributed by atoms with Crippen LogP contribution in [0.15, 0.2) is 12.7 Å². The molecule has 0 aromatic rings. The van der Waals surface area contributed by atoms with Gasteiger partial charge in [-0.05, 0) is 25.5 Å². The Kier molecular flexibility index (Phi) is 5.64. The molecule has 0 bridgehead atoms. The van der Waals surface area contributed by atoms with Gasteiger partial charge >= 0.3 is 0 Å². The summed E-state index contributed by atoms with van der Waals surface area (Å²) < 4.78 is 6.03. The van der Waals surface area contributed by atoms with Crippen molar-refractivity contribution in [1.29, 1.82) is 0 Å². The van der Waals surface area contributed by atoms with E-state index in [9.17, 15) is 0 Å². The Hall–Kier alpha value is 0.0500. The van der Waals surface area contributed by atoms with Crippen molar-refractivity contribution in [3.05, 3.63) is 12.7 Å². The minimum absolute atomic E-state index is 0.0338. The van der Waals surface area contributed by atoms with Gasteiger partial charge < -0.3 is 4.74 Å². The summed E-state index contributed by atoms with van der Waals surface area (Å²) in [6.45, 7) is 4.76. The van der Waals surface area contributed by atoms with Gasteiger partial charge in [-0.25, -0.2) is 0 Å². The van der Waals surface area contributed by atoms with E-state index in [-0.39, 0.29) is 4.93 Å².